The van der Waals surface area contributed by atoms with Crippen molar-refractivity contribution in [1.29, 1.82) is 0 Å². The lowest BCUT2D eigenvalue weighted by Gasteiger charge is -2.03. The average molecular weight is 248 g/mol. The first-order valence-corrected chi connectivity index (χ1v) is 5.94. The van der Waals surface area contributed by atoms with Gasteiger partial charge in [-0.2, -0.15) is 0 Å². The maximum atomic E-state index is 11.6. The Hall–Kier alpha value is -1.95. The summed E-state index contributed by atoms with van der Waals surface area (Å²) < 4.78 is 0. The Balaban J connectivity index is 1.82. The molecule has 1 amide bonds. The zero-order valence-electron chi connectivity index (χ0n) is 9.09. The molecule has 3 N–H and O–H groups in total. The smallest absolute Gasteiger partial charge is 0.227 e. The lowest BCUT2D eigenvalue weighted by atomic mass is 10.2. The van der Waals surface area contributed by atoms with Gasteiger partial charge in [-0.05, 0) is 5.56 Å². The molecule has 0 spiro atoms. The summed E-state index contributed by atoms with van der Waals surface area (Å²) in [7, 11) is 0. The maximum Gasteiger partial charge on any atom is 0.227 e. The number of rotatable bonds is 4. The molecule has 2 aromatic rings. The standard InChI is InChI=1S/C11H12N4OS/c12-11-15-14-10(17-11)6-9(16)13-7-8-4-2-1-3-5-8/h1-5H,6-7H2,(H2,12,15)(H,13,16). The van der Waals surface area contributed by atoms with Gasteiger partial charge in [0.25, 0.3) is 0 Å². The number of nitrogens with one attached hydrogen (secondary N) is 1. The number of nitrogens with zero attached hydrogens (tertiary/aromatic N) is 2. The summed E-state index contributed by atoms with van der Waals surface area (Å²) in [5, 5.41) is 11.3. The van der Waals surface area contributed by atoms with Gasteiger partial charge in [-0.3, -0.25) is 4.79 Å². The van der Waals surface area contributed by atoms with E-state index >= 15 is 0 Å². The van der Waals surface area contributed by atoms with Gasteiger partial charge in [0.2, 0.25) is 11.0 Å². The van der Waals surface area contributed by atoms with Crippen LogP contribution in [0.1, 0.15) is 10.6 Å². The third-order valence-corrected chi connectivity index (χ3v) is 2.88. The third kappa shape index (κ3) is 3.53. The van der Waals surface area contributed by atoms with Crippen molar-refractivity contribution in [2.24, 2.45) is 0 Å². The lowest BCUT2D eigenvalue weighted by molar-refractivity contribution is -0.120. The summed E-state index contributed by atoms with van der Waals surface area (Å²) in [6.45, 7) is 0.522. The Morgan fingerprint density at radius 1 is 1.29 bits per heavy atom. The minimum atomic E-state index is -0.0787. The molecule has 0 unspecified atom stereocenters. The predicted octanol–water partition coefficient (Wildman–Crippen LogP) is 0.979. The Labute approximate surface area is 103 Å². The minimum absolute atomic E-state index is 0.0787. The van der Waals surface area contributed by atoms with Gasteiger partial charge in [-0.25, -0.2) is 0 Å². The fourth-order valence-corrected chi connectivity index (χ4v) is 1.94. The number of benzene rings is 1. The summed E-state index contributed by atoms with van der Waals surface area (Å²) in [6, 6.07) is 9.74. The number of amides is 1. The van der Waals surface area contributed by atoms with Crippen molar-refractivity contribution in [2.75, 3.05) is 5.73 Å². The highest BCUT2D eigenvalue weighted by Crippen LogP contribution is 2.11. The van der Waals surface area contributed by atoms with Crippen LogP contribution in [0.25, 0.3) is 0 Å². The number of aromatic nitrogens is 2. The van der Waals surface area contributed by atoms with Crippen LogP contribution in [0.2, 0.25) is 0 Å². The maximum absolute atomic E-state index is 11.6. The summed E-state index contributed by atoms with van der Waals surface area (Å²) in [5.41, 5.74) is 6.50. The van der Waals surface area contributed by atoms with Crippen LogP contribution in [0.4, 0.5) is 5.13 Å². The largest absolute Gasteiger partial charge is 0.374 e. The lowest BCUT2D eigenvalue weighted by Crippen LogP contribution is -2.24. The van der Waals surface area contributed by atoms with Crippen molar-refractivity contribution >= 4 is 22.4 Å². The van der Waals surface area contributed by atoms with Gasteiger partial charge in [-0.15, -0.1) is 10.2 Å². The zero-order chi connectivity index (χ0) is 12.1. The Bertz CT molecular complexity index is 497. The quantitative estimate of drug-likeness (QED) is 0.845. The molecule has 0 atom stereocenters. The van der Waals surface area contributed by atoms with Crippen molar-refractivity contribution in [3.8, 4) is 0 Å². The van der Waals surface area contributed by atoms with Gasteiger partial charge in [0.15, 0.2) is 0 Å². The highest BCUT2D eigenvalue weighted by molar-refractivity contribution is 7.15. The van der Waals surface area contributed by atoms with Crippen LogP contribution in [0.5, 0.6) is 0 Å². The molecule has 0 fully saturated rings. The molecule has 0 bridgehead atoms. The average Bonchev–Trinajstić information content (AvgIpc) is 2.73. The van der Waals surface area contributed by atoms with Crippen LogP contribution in [0.3, 0.4) is 0 Å². The summed E-state index contributed by atoms with van der Waals surface area (Å²) in [4.78, 5) is 11.6. The predicted molar refractivity (Wildman–Crippen MR) is 66.3 cm³/mol. The molecule has 0 aliphatic rings. The van der Waals surface area contributed by atoms with Crippen molar-refractivity contribution in [1.82, 2.24) is 15.5 Å². The molecule has 2 rings (SSSR count). The molecule has 17 heavy (non-hydrogen) atoms. The van der Waals surface area contributed by atoms with Gasteiger partial charge in [0.1, 0.15) is 5.01 Å². The van der Waals surface area contributed by atoms with Crippen LogP contribution >= 0.6 is 11.3 Å². The van der Waals surface area contributed by atoms with E-state index in [9.17, 15) is 4.79 Å². The minimum Gasteiger partial charge on any atom is -0.374 e. The van der Waals surface area contributed by atoms with E-state index in [4.69, 9.17) is 5.73 Å². The molecule has 0 aliphatic heterocycles. The normalized spacial score (nSPS) is 10.1. The fourth-order valence-electron chi connectivity index (χ4n) is 1.33. The van der Waals surface area contributed by atoms with E-state index in [1.165, 1.54) is 11.3 Å². The first kappa shape index (κ1) is 11.5. The third-order valence-electron chi connectivity index (χ3n) is 2.13. The van der Waals surface area contributed by atoms with Crippen molar-refractivity contribution in [3.63, 3.8) is 0 Å². The second kappa shape index (κ2) is 5.40. The topological polar surface area (TPSA) is 80.9 Å². The number of hydrogen-bond donors (Lipinski definition) is 2. The highest BCUT2D eigenvalue weighted by atomic mass is 32.1. The number of nitrogen functional groups attached to an aromatic ring is 1. The Morgan fingerprint density at radius 3 is 2.71 bits per heavy atom. The van der Waals surface area contributed by atoms with Crippen molar-refractivity contribution in [3.05, 3.63) is 40.9 Å². The Morgan fingerprint density at radius 2 is 2.06 bits per heavy atom. The molecule has 5 nitrogen and oxygen atoms in total. The van der Waals surface area contributed by atoms with Gasteiger partial charge < -0.3 is 11.1 Å². The molecule has 0 saturated carbocycles. The van der Waals surface area contributed by atoms with E-state index in [1.807, 2.05) is 30.3 Å². The number of carbonyl (C=O) groups is 1. The van der Waals surface area contributed by atoms with E-state index in [2.05, 4.69) is 15.5 Å². The van der Waals surface area contributed by atoms with Crippen LogP contribution in [-0.2, 0) is 17.8 Å². The van der Waals surface area contributed by atoms with Crippen LogP contribution in [0, 0.1) is 0 Å². The molecule has 6 heteroatoms. The van der Waals surface area contributed by atoms with Crippen LogP contribution in [0.15, 0.2) is 30.3 Å². The van der Waals surface area contributed by atoms with Gasteiger partial charge in [0, 0.05) is 6.54 Å². The number of nitrogens with two attached hydrogens (primary N) is 1. The first-order valence-electron chi connectivity index (χ1n) is 5.12. The van der Waals surface area contributed by atoms with E-state index in [1.54, 1.807) is 0 Å². The molecule has 1 aromatic carbocycles. The highest BCUT2D eigenvalue weighted by Gasteiger charge is 2.07. The molecular formula is C11H12N4OS. The van der Waals surface area contributed by atoms with E-state index in [-0.39, 0.29) is 12.3 Å². The number of carbonyl (C=O) groups excluding carboxylic acids is 1. The molecule has 1 heterocycles. The van der Waals surface area contributed by atoms with Gasteiger partial charge in [-0.1, -0.05) is 41.7 Å². The van der Waals surface area contributed by atoms with E-state index < -0.39 is 0 Å². The summed E-state index contributed by atoms with van der Waals surface area (Å²) in [5.74, 6) is -0.0787. The summed E-state index contributed by atoms with van der Waals surface area (Å²) in [6.07, 6.45) is 0.224. The SMILES string of the molecule is Nc1nnc(CC(=O)NCc2ccccc2)s1. The molecular weight excluding hydrogens is 236 g/mol. The fraction of sp³-hybridized carbons (Fsp3) is 0.182. The Kier molecular flexibility index (Phi) is 3.66. The first-order chi connectivity index (χ1) is 8.24. The van der Waals surface area contributed by atoms with Crippen LogP contribution < -0.4 is 11.1 Å². The van der Waals surface area contributed by atoms with Gasteiger partial charge in [0.05, 0.1) is 6.42 Å². The number of hydrogen-bond acceptors (Lipinski definition) is 5. The van der Waals surface area contributed by atoms with Crippen LogP contribution in [-0.4, -0.2) is 16.1 Å². The molecule has 1 aromatic heterocycles. The molecule has 0 aliphatic carbocycles. The van der Waals surface area contributed by atoms with E-state index in [0.717, 1.165) is 5.56 Å². The monoisotopic (exact) mass is 248 g/mol. The van der Waals surface area contributed by atoms with Gasteiger partial charge >= 0.3 is 0 Å². The summed E-state index contributed by atoms with van der Waals surface area (Å²) >= 11 is 1.23. The van der Waals surface area contributed by atoms with E-state index in [0.29, 0.717) is 16.7 Å². The molecule has 0 saturated heterocycles. The second-order valence-electron chi connectivity index (χ2n) is 3.47. The number of anilines is 1. The second-order valence-corrected chi connectivity index (χ2v) is 4.57. The van der Waals surface area contributed by atoms with Crippen molar-refractivity contribution in [2.45, 2.75) is 13.0 Å². The molecule has 0 radical (unpaired) electrons. The van der Waals surface area contributed by atoms with Crippen molar-refractivity contribution < 1.29 is 4.79 Å². The zero-order valence-corrected chi connectivity index (χ0v) is 9.91. The molecule has 88 valence electrons.